The first-order chi connectivity index (χ1) is 15.5. The van der Waals surface area contributed by atoms with Crippen LogP contribution in [0.25, 0.3) is 0 Å². The van der Waals surface area contributed by atoms with E-state index in [0.29, 0.717) is 17.9 Å². The molecule has 0 bridgehead atoms. The summed E-state index contributed by atoms with van der Waals surface area (Å²) in [6.07, 6.45) is 5.97. The molecule has 3 aliphatic rings. The summed E-state index contributed by atoms with van der Waals surface area (Å²) >= 11 is 1.51. The number of amides is 1. The number of aliphatic imine (C=N–C) groups is 1. The summed E-state index contributed by atoms with van der Waals surface area (Å²) in [5, 5.41) is 6.00. The zero-order valence-corrected chi connectivity index (χ0v) is 19.8. The van der Waals surface area contributed by atoms with E-state index < -0.39 is 0 Å². The van der Waals surface area contributed by atoms with E-state index in [4.69, 9.17) is 9.73 Å². The molecule has 1 aliphatic carbocycles. The average Bonchev–Trinajstić information content (AvgIpc) is 3.16. The van der Waals surface area contributed by atoms with Crippen LogP contribution in [0.2, 0.25) is 0 Å². The maximum absolute atomic E-state index is 13.0. The maximum Gasteiger partial charge on any atom is 0.338 e. The Bertz CT molecular complexity index is 992. The van der Waals surface area contributed by atoms with Crippen LogP contribution < -0.4 is 5.32 Å². The minimum Gasteiger partial charge on any atom is -0.463 e. The zero-order chi connectivity index (χ0) is 22.7. The van der Waals surface area contributed by atoms with Crippen molar-refractivity contribution < 1.29 is 14.3 Å². The number of hydrogen-bond donors (Lipinski definition) is 1. The molecule has 0 saturated heterocycles. The average molecular weight is 454 g/mol. The van der Waals surface area contributed by atoms with Gasteiger partial charge in [0.15, 0.2) is 5.17 Å². The lowest BCUT2D eigenvalue weighted by atomic mass is 9.91. The number of fused-ring (bicyclic) bond motifs is 1. The highest BCUT2D eigenvalue weighted by atomic mass is 32.2. The highest BCUT2D eigenvalue weighted by molar-refractivity contribution is 8.16. The number of carbonyl (C=O) groups is 2. The Labute approximate surface area is 194 Å². The van der Waals surface area contributed by atoms with Crippen molar-refractivity contribution >= 4 is 28.8 Å². The first-order valence-electron chi connectivity index (χ1n) is 11.5. The molecular weight excluding hydrogens is 422 g/mol. The second-order valence-electron chi connectivity index (χ2n) is 8.55. The predicted molar refractivity (Wildman–Crippen MR) is 128 cm³/mol. The van der Waals surface area contributed by atoms with Gasteiger partial charge in [0.1, 0.15) is 0 Å². The van der Waals surface area contributed by atoms with Gasteiger partial charge in [-0.1, -0.05) is 55.3 Å². The second-order valence-corrected chi connectivity index (χ2v) is 9.39. The molecule has 170 valence electrons. The highest BCUT2D eigenvalue weighted by Crippen LogP contribution is 2.45. The third kappa shape index (κ3) is 4.63. The number of esters is 1. The van der Waals surface area contributed by atoms with Gasteiger partial charge in [-0.2, -0.15) is 0 Å². The van der Waals surface area contributed by atoms with Crippen molar-refractivity contribution in [1.82, 2.24) is 10.2 Å². The number of carbonyl (C=O) groups excluding carboxylic acids is 2. The summed E-state index contributed by atoms with van der Waals surface area (Å²) in [7, 11) is 0. The van der Waals surface area contributed by atoms with E-state index >= 15 is 0 Å². The molecule has 1 aromatic carbocycles. The van der Waals surface area contributed by atoms with Crippen LogP contribution in [0.3, 0.4) is 0 Å². The molecule has 2 aliphatic heterocycles. The summed E-state index contributed by atoms with van der Waals surface area (Å²) in [6.45, 7) is 6.01. The minimum absolute atomic E-state index is 0.0255. The van der Waals surface area contributed by atoms with Crippen LogP contribution in [-0.4, -0.2) is 34.6 Å². The van der Waals surface area contributed by atoms with Crippen LogP contribution in [0.5, 0.6) is 0 Å². The third-order valence-electron chi connectivity index (χ3n) is 6.29. The molecule has 0 aromatic heterocycles. The molecular formula is C25H31N3O3S. The molecule has 1 atom stereocenters. The molecule has 0 unspecified atom stereocenters. The Morgan fingerprint density at radius 1 is 1.19 bits per heavy atom. The fraction of sp³-hybridized carbons (Fsp3) is 0.480. The Morgan fingerprint density at radius 3 is 2.66 bits per heavy atom. The maximum atomic E-state index is 13.0. The van der Waals surface area contributed by atoms with Gasteiger partial charge in [-0.25, -0.2) is 9.79 Å². The van der Waals surface area contributed by atoms with Crippen molar-refractivity contribution in [1.29, 1.82) is 0 Å². The summed E-state index contributed by atoms with van der Waals surface area (Å²) in [5.74, 6) is -0.332. The summed E-state index contributed by atoms with van der Waals surface area (Å²) in [6, 6.07) is 7.95. The van der Waals surface area contributed by atoms with Crippen molar-refractivity contribution in [2.45, 2.75) is 71.4 Å². The number of aryl methyl sites for hydroxylation is 1. The molecule has 1 fully saturated rings. The van der Waals surface area contributed by atoms with Gasteiger partial charge >= 0.3 is 5.97 Å². The van der Waals surface area contributed by atoms with Gasteiger partial charge in [0.2, 0.25) is 5.91 Å². The number of allylic oxidation sites excluding steroid dienone is 1. The Kier molecular flexibility index (Phi) is 7.04. The molecule has 4 rings (SSSR count). The topological polar surface area (TPSA) is 71.0 Å². The second kappa shape index (κ2) is 9.94. The van der Waals surface area contributed by atoms with Crippen LogP contribution in [0.1, 0.15) is 69.5 Å². The van der Waals surface area contributed by atoms with Gasteiger partial charge < -0.3 is 15.0 Å². The Morgan fingerprint density at radius 2 is 1.94 bits per heavy atom. The van der Waals surface area contributed by atoms with E-state index in [9.17, 15) is 9.59 Å². The van der Waals surface area contributed by atoms with Crippen LogP contribution >= 0.6 is 11.8 Å². The first kappa shape index (κ1) is 22.6. The van der Waals surface area contributed by atoms with E-state index in [1.54, 1.807) is 6.92 Å². The molecule has 6 nitrogen and oxygen atoms in total. The van der Waals surface area contributed by atoms with Crippen LogP contribution in [0.15, 0.2) is 51.6 Å². The highest BCUT2D eigenvalue weighted by Gasteiger charge is 2.41. The van der Waals surface area contributed by atoms with Crippen LogP contribution in [0, 0.1) is 6.92 Å². The van der Waals surface area contributed by atoms with E-state index in [0.717, 1.165) is 34.8 Å². The normalized spacial score (nSPS) is 21.1. The van der Waals surface area contributed by atoms with Gasteiger partial charge in [0.05, 0.1) is 30.3 Å². The number of nitrogens with zero attached hydrogens (tertiary/aromatic N) is 2. The van der Waals surface area contributed by atoms with Gasteiger partial charge in [-0.3, -0.25) is 4.79 Å². The van der Waals surface area contributed by atoms with Crippen molar-refractivity contribution in [2.75, 3.05) is 6.61 Å². The Hall–Kier alpha value is -2.54. The predicted octanol–water partition coefficient (Wildman–Crippen LogP) is 4.97. The molecule has 2 heterocycles. The monoisotopic (exact) mass is 453 g/mol. The molecule has 7 heteroatoms. The summed E-state index contributed by atoms with van der Waals surface area (Å²) in [4.78, 5) is 32.7. The number of amidine groups is 1. The van der Waals surface area contributed by atoms with Crippen LogP contribution in [-0.2, 0) is 14.3 Å². The summed E-state index contributed by atoms with van der Waals surface area (Å²) in [5.41, 5.74) is 4.16. The standard InChI is InChI=1S/C25H31N3O3S/c1-4-31-24(30)22-17(3)26-25-28(23(22)20-13-9-8-10-16(20)2)19(15-32-25)14-21(29)27-18-11-6-5-7-12-18/h8-10,13,15,18,23H,4-7,11-12,14H2,1-3H3,(H,27,29)/t23-/m1/s1. The lowest BCUT2D eigenvalue weighted by Gasteiger charge is -2.37. The number of ether oxygens (including phenoxy) is 1. The van der Waals surface area contributed by atoms with Gasteiger partial charge in [0.25, 0.3) is 0 Å². The molecule has 1 amide bonds. The number of rotatable bonds is 6. The first-order valence-corrected chi connectivity index (χ1v) is 12.3. The lowest BCUT2D eigenvalue weighted by Crippen LogP contribution is -2.40. The largest absolute Gasteiger partial charge is 0.463 e. The van der Waals surface area contributed by atoms with Crippen molar-refractivity contribution in [3.05, 3.63) is 57.8 Å². The third-order valence-corrected chi connectivity index (χ3v) is 7.18. The molecule has 1 N–H and O–H groups in total. The van der Waals surface area contributed by atoms with Gasteiger partial charge in [-0.15, -0.1) is 0 Å². The van der Waals surface area contributed by atoms with Crippen molar-refractivity contribution in [2.24, 2.45) is 4.99 Å². The molecule has 0 radical (unpaired) electrons. The minimum atomic E-state index is -0.369. The van der Waals surface area contributed by atoms with Gasteiger partial charge in [-0.05, 0) is 50.1 Å². The van der Waals surface area contributed by atoms with E-state index in [1.807, 2.05) is 48.4 Å². The lowest BCUT2D eigenvalue weighted by molar-refractivity contribution is -0.139. The van der Waals surface area contributed by atoms with E-state index in [-0.39, 0.29) is 30.4 Å². The smallest absolute Gasteiger partial charge is 0.338 e. The molecule has 0 spiro atoms. The quantitative estimate of drug-likeness (QED) is 0.616. The number of nitrogens with one attached hydrogen (secondary N) is 1. The fourth-order valence-corrected chi connectivity index (χ4v) is 5.68. The summed E-state index contributed by atoms with van der Waals surface area (Å²) < 4.78 is 5.41. The SMILES string of the molecule is CCOC(=O)C1=C(C)N=C2SC=C(CC(=O)NC3CCCCC3)N2[C@@H]1c1ccccc1C. The van der Waals surface area contributed by atoms with E-state index in [2.05, 4.69) is 5.32 Å². The number of benzene rings is 1. The number of hydrogen-bond acceptors (Lipinski definition) is 6. The van der Waals surface area contributed by atoms with Crippen molar-refractivity contribution in [3.8, 4) is 0 Å². The van der Waals surface area contributed by atoms with Gasteiger partial charge in [0, 0.05) is 11.7 Å². The molecule has 1 saturated carbocycles. The van der Waals surface area contributed by atoms with Crippen molar-refractivity contribution in [3.63, 3.8) is 0 Å². The van der Waals surface area contributed by atoms with E-state index in [1.165, 1.54) is 31.0 Å². The number of thioether (sulfide) groups is 1. The van der Waals surface area contributed by atoms with Crippen LogP contribution in [0.4, 0.5) is 0 Å². The Balaban J connectivity index is 1.64. The zero-order valence-electron chi connectivity index (χ0n) is 19.0. The molecule has 32 heavy (non-hydrogen) atoms. The fourth-order valence-electron chi connectivity index (χ4n) is 4.72. The molecule has 1 aromatic rings.